The Hall–Kier alpha value is -2.37. The Morgan fingerprint density at radius 1 is 1.20 bits per heavy atom. The highest BCUT2D eigenvalue weighted by molar-refractivity contribution is 6.30. The van der Waals surface area contributed by atoms with Gasteiger partial charge in [-0.25, -0.2) is 4.90 Å². The summed E-state index contributed by atoms with van der Waals surface area (Å²) < 4.78 is 5.38. The van der Waals surface area contributed by atoms with Crippen molar-refractivity contribution in [2.75, 3.05) is 11.5 Å². The highest BCUT2D eigenvalue weighted by Crippen LogP contribution is 2.25. The van der Waals surface area contributed by atoms with Gasteiger partial charge in [-0.15, -0.1) is 0 Å². The van der Waals surface area contributed by atoms with Crippen LogP contribution in [-0.4, -0.2) is 24.5 Å². The van der Waals surface area contributed by atoms with Gasteiger partial charge >= 0.3 is 0 Å². The molecule has 0 saturated carbocycles. The summed E-state index contributed by atoms with van der Waals surface area (Å²) >= 11 is 5.96. The number of ether oxygens (including phenoxy) is 1. The number of hydrogen-bond acceptors (Lipinski definition) is 4. The molecule has 1 saturated heterocycles. The minimum Gasteiger partial charge on any atom is -0.494 e. The van der Waals surface area contributed by atoms with Crippen molar-refractivity contribution in [2.24, 2.45) is 0 Å². The molecule has 6 heteroatoms. The van der Waals surface area contributed by atoms with Crippen molar-refractivity contribution in [3.05, 3.63) is 59.1 Å². The first-order chi connectivity index (χ1) is 12.1. The van der Waals surface area contributed by atoms with E-state index in [0.717, 1.165) is 5.56 Å². The van der Waals surface area contributed by atoms with E-state index in [4.69, 9.17) is 16.3 Å². The third-order valence-corrected chi connectivity index (χ3v) is 4.23. The Balaban J connectivity index is 1.67. The topological polar surface area (TPSA) is 58.6 Å². The summed E-state index contributed by atoms with van der Waals surface area (Å²) in [6.07, 6.45) is 0.145. The number of carbonyl (C=O) groups is 2. The van der Waals surface area contributed by atoms with E-state index in [2.05, 4.69) is 5.32 Å². The van der Waals surface area contributed by atoms with Crippen LogP contribution >= 0.6 is 11.6 Å². The van der Waals surface area contributed by atoms with Crippen LogP contribution in [0.2, 0.25) is 5.02 Å². The fourth-order valence-electron chi connectivity index (χ4n) is 2.81. The fourth-order valence-corrected chi connectivity index (χ4v) is 3.02. The highest BCUT2D eigenvalue weighted by Gasteiger charge is 2.39. The molecular weight excluding hydrogens is 340 g/mol. The van der Waals surface area contributed by atoms with Crippen LogP contribution in [0, 0.1) is 0 Å². The number of anilines is 1. The lowest BCUT2D eigenvalue weighted by molar-refractivity contribution is -0.121. The largest absolute Gasteiger partial charge is 0.494 e. The number of nitrogens with zero attached hydrogens (tertiary/aromatic N) is 1. The van der Waals surface area contributed by atoms with Crippen molar-refractivity contribution in [3.63, 3.8) is 0 Å². The van der Waals surface area contributed by atoms with Gasteiger partial charge in [0, 0.05) is 11.6 Å². The van der Waals surface area contributed by atoms with E-state index in [1.165, 1.54) is 4.90 Å². The van der Waals surface area contributed by atoms with E-state index in [-0.39, 0.29) is 18.2 Å². The van der Waals surface area contributed by atoms with Crippen molar-refractivity contribution in [1.82, 2.24) is 5.32 Å². The van der Waals surface area contributed by atoms with Crippen LogP contribution in [0.1, 0.15) is 18.9 Å². The molecule has 1 unspecified atom stereocenters. The average Bonchev–Trinajstić information content (AvgIpc) is 2.88. The molecule has 0 radical (unpaired) electrons. The third kappa shape index (κ3) is 4.00. The Labute approximate surface area is 151 Å². The van der Waals surface area contributed by atoms with E-state index in [0.29, 0.717) is 29.6 Å². The fraction of sp³-hybridized carbons (Fsp3) is 0.263. The molecule has 25 heavy (non-hydrogen) atoms. The molecule has 1 aliphatic rings. The standard InChI is InChI=1S/C19H19ClN2O3/c1-2-25-16-8-6-15(7-9-16)22-18(23)11-17(19(22)24)21-12-13-4-3-5-14(20)10-13/h3-10,17,21H,2,11-12H2,1H3. The van der Waals surface area contributed by atoms with Gasteiger partial charge < -0.3 is 10.1 Å². The second-order valence-electron chi connectivity index (χ2n) is 5.76. The van der Waals surface area contributed by atoms with E-state index in [1.807, 2.05) is 25.1 Å². The molecule has 130 valence electrons. The lowest BCUT2D eigenvalue weighted by Crippen LogP contribution is -2.38. The number of nitrogens with one attached hydrogen (secondary N) is 1. The highest BCUT2D eigenvalue weighted by atomic mass is 35.5. The third-order valence-electron chi connectivity index (χ3n) is 3.99. The van der Waals surface area contributed by atoms with Crippen LogP contribution in [0.5, 0.6) is 5.75 Å². The molecule has 0 aliphatic carbocycles. The van der Waals surface area contributed by atoms with Crippen LogP contribution in [-0.2, 0) is 16.1 Å². The summed E-state index contributed by atoms with van der Waals surface area (Å²) in [6.45, 7) is 2.94. The van der Waals surface area contributed by atoms with Crippen molar-refractivity contribution < 1.29 is 14.3 Å². The molecular formula is C19H19ClN2O3. The number of rotatable bonds is 6. The maximum Gasteiger partial charge on any atom is 0.251 e. The summed E-state index contributed by atoms with van der Waals surface area (Å²) in [4.78, 5) is 26.1. The number of carbonyl (C=O) groups excluding carboxylic acids is 2. The molecule has 0 bridgehead atoms. The predicted octanol–water partition coefficient (Wildman–Crippen LogP) is 3.16. The second-order valence-corrected chi connectivity index (χ2v) is 6.20. The molecule has 1 atom stereocenters. The van der Waals surface area contributed by atoms with E-state index >= 15 is 0 Å². The van der Waals surface area contributed by atoms with Crippen molar-refractivity contribution in [3.8, 4) is 5.75 Å². The number of benzene rings is 2. The normalized spacial score (nSPS) is 17.2. The molecule has 0 spiro atoms. The van der Waals surface area contributed by atoms with Gasteiger partial charge in [-0.2, -0.15) is 0 Å². The van der Waals surface area contributed by atoms with Gasteiger partial charge in [0.2, 0.25) is 5.91 Å². The monoisotopic (exact) mass is 358 g/mol. The molecule has 2 amide bonds. The van der Waals surface area contributed by atoms with E-state index < -0.39 is 6.04 Å². The van der Waals surface area contributed by atoms with Gasteiger partial charge in [-0.05, 0) is 48.9 Å². The number of halogens is 1. The summed E-state index contributed by atoms with van der Waals surface area (Å²) in [5.41, 5.74) is 1.53. The molecule has 1 aliphatic heterocycles. The Kier molecular flexibility index (Phi) is 5.36. The van der Waals surface area contributed by atoms with Gasteiger partial charge in [0.15, 0.2) is 0 Å². The Morgan fingerprint density at radius 3 is 2.64 bits per heavy atom. The molecule has 1 heterocycles. The molecule has 3 rings (SSSR count). The second kappa shape index (κ2) is 7.68. The number of hydrogen-bond donors (Lipinski definition) is 1. The average molecular weight is 359 g/mol. The van der Waals surface area contributed by atoms with Gasteiger partial charge in [0.1, 0.15) is 5.75 Å². The van der Waals surface area contributed by atoms with Crippen LogP contribution in [0.25, 0.3) is 0 Å². The van der Waals surface area contributed by atoms with Crippen LogP contribution in [0.3, 0.4) is 0 Å². The van der Waals surface area contributed by atoms with Gasteiger partial charge in [0.25, 0.3) is 5.91 Å². The predicted molar refractivity (Wildman–Crippen MR) is 96.8 cm³/mol. The zero-order chi connectivity index (χ0) is 17.8. The van der Waals surface area contributed by atoms with Crippen LogP contribution in [0.4, 0.5) is 5.69 Å². The molecule has 2 aromatic carbocycles. The van der Waals surface area contributed by atoms with Crippen LogP contribution < -0.4 is 15.0 Å². The van der Waals surface area contributed by atoms with Crippen molar-refractivity contribution >= 4 is 29.1 Å². The van der Waals surface area contributed by atoms with Gasteiger partial charge in [-0.1, -0.05) is 23.7 Å². The molecule has 2 aromatic rings. The zero-order valence-corrected chi connectivity index (χ0v) is 14.6. The summed E-state index contributed by atoms with van der Waals surface area (Å²) in [7, 11) is 0. The lowest BCUT2D eigenvalue weighted by atomic mass is 10.2. The maximum atomic E-state index is 12.6. The Morgan fingerprint density at radius 2 is 1.96 bits per heavy atom. The summed E-state index contributed by atoms with van der Waals surface area (Å²) in [6, 6.07) is 13.8. The maximum absolute atomic E-state index is 12.6. The zero-order valence-electron chi connectivity index (χ0n) is 13.9. The van der Waals surface area contributed by atoms with Gasteiger partial charge in [-0.3, -0.25) is 9.59 Å². The van der Waals surface area contributed by atoms with Crippen molar-refractivity contribution in [1.29, 1.82) is 0 Å². The summed E-state index contributed by atoms with van der Waals surface area (Å²) in [5.74, 6) is 0.259. The molecule has 5 nitrogen and oxygen atoms in total. The smallest absolute Gasteiger partial charge is 0.251 e. The molecule has 0 aromatic heterocycles. The van der Waals surface area contributed by atoms with E-state index in [9.17, 15) is 9.59 Å². The SMILES string of the molecule is CCOc1ccc(N2C(=O)CC(NCc3cccc(Cl)c3)C2=O)cc1. The van der Waals surface area contributed by atoms with Crippen molar-refractivity contribution in [2.45, 2.75) is 25.9 Å². The van der Waals surface area contributed by atoms with E-state index in [1.54, 1.807) is 30.3 Å². The summed E-state index contributed by atoms with van der Waals surface area (Å²) in [5, 5.41) is 3.78. The Bertz CT molecular complexity index is 776. The minimum absolute atomic E-state index is 0.145. The number of amides is 2. The van der Waals surface area contributed by atoms with Gasteiger partial charge in [0.05, 0.1) is 24.8 Å². The van der Waals surface area contributed by atoms with Crippen LogP contribution in [0.15, 0.2) is 48.5 Å². The first-order valence-corrected chi connectivity index (χ1v) is 8.53. The molecule has 1 fully saturated rings. The lowest BCUT2D eigenvalue weighted by Gasteiger charge is -2.16. The number of imide groups is 1. The minimum atomic E-state index is -0.530. The quantitative estimate of drug-likeness (QED) is 0.806. The molecule has 1 N–H and O–H groups in total. The first kappa shape index (κ1) is 17.5. The first-order valence-electron chi connectivity index (χ1n) is 8.16.